The van der Waals surface area contributed by atoms with Crippen LogP contribution in [0.5, 0.6) is 0 Å². The highest BCUT2D eigenvalue weighted by molar-refractivity contribution is 5.92. The molecule has 0 saturated heterocycles. The maximum atomic E-state index is 13.8. The molecule has 5 nitrogen and oxygen atoms in total. The molecule has 0 aliphatic carbocycles. The summed E-state index contributed by atoms with van der Waals surface area (Å²) in [4.78, 5) is 22.6. The number of benzene rings is 2. The summed E-state index contributed by atoms with van der Waals surface area (Å²) in [6.07, 6.45) is 1.42. The van der Waals surface area contributed by atoms with Gasteiger partial charge in [-0.2, -0.15) is 0 Å². The maximum absolute atomic E-state index is 13.8. The number of amides is 1. The van der Waals surface area contributed by atoms with Crippen molar-refractivity contribution in [1.82, 2.24) is 14.9 Å². The topological polar surface area (TPSA) is 58.1 Å². The van der Waals surface area contributed by atoms with Gasteiger partial charge in [-0.15, -0.1) is 0 Å². The number of anilines is 2. The lowest BCUT2D eigenvalue weighted by Gasteiger charge is -2.20. The van der Waals surface area contributed by atoms with Crippen LogP contribution in [0.2, 0.25) is 0 Å². The van der Waals surface area contributed by atoms with E-state index in [4.69, 9.17) is 0 Å². The van der Waals surface area contributed by atoms with Gasteiger partial charge in [-0.3, -0.25) is 4.79 Å². The Morgan fingerprint density at radius 1 is 1.11 bits per heavy atom. The molecule has 0 bridgehead atoms. The highest BCUT2D eigenvalue weighted by Gasteiger charge is 2.17. The van der Waals surface area contributed by atoms with Crippen molar-refractivity contribution in [1.29, 1.82) is 0 Å². The van der Waals surface area contributed by atoms with Crippen LogP contribution in [0.3, 0.4) is 0 Å². The van der Waals surface area contributed by atoms with E-state index in [0.29, 0.717) is 13.1 Å². The number of aromatic nitrogens is 2. The molecule has 1 amide bonds. The first-order chi connectivity index (χ1) is 13.1. The molecule has 0 aliphatic heterocycles. The van der Waals surface area contributed by atoms with E-state index >= 15 is 0 Å². The van der Waals surface area contributed by atoms with Crippen LogP contribution in [-0.2, 0) is 6.54 Å². The number of hydrogen-bond acceptors (Lipinski definition) is 4. The second-order valence-electron chi connectivity index (χ2n) is 5.82. The third kappa shape index (κ3) is 4.63. The Bertz CT molecular complexity index is 934. The van der Waals surface area contributed by atoms with Gasteiger partial charge in [-0.25, -0.2) is 18.7 Å². The molecule has 0 atom stereocenters. The Kier molecular flexibility index (Phi) is 5.71. The lowest BCUT2D eigenvalue weighted by Crippen LogP contribution is -2.31. The predicted octanol–water partition coefficient (Wildman–Crippen LogP) is 4.16. The Morgan fingerprint density at radius 3 is 2.59 bits per heavy atom. The Labute approximate surface area is 155 Å². The van der Waals surface area contributed by atoms with E-state index < -0.39 is 11.6 Å². The van der Waals surface area contributed by atoms with Crippen molar-refractivity contribution >= 4 is 17.5 Å². The molecular weight excluding hydrogens is 350 g/mol. The van der Waals surface area contributed by atoms with Crippen LogP contribution in [0.1, 0.15) is 23.0 Å². The van der Waals surface area contributed by atoms with E-state index in [0.717, 1.165) is 17.7 Å². The van der Waals surface area contributed by atoms with Gasteiger partial charge < -0.3 is 10.2 Å². The number of carbonyl (C=O) groups excluding carboxylic acids is 1. The number of carbonyl (C=O) groups is 1. The minimum atomic E-state index is -0.769. The first-order valence-corrected chi connectivity index (χ1v) is 8.45. The van der Waals surface area contributed by atoms with Crippen molar-refractivity contribution < 1.29 is 13.6 Å². The fourth-order valence-corrected chi connectivity index (χ4v) is 2.54. The molecule has 1 aromatic heterocycles. The molecule has 0 fully saturated rings. The number of nitrogens with zero attached hydrogens (tertiary/aromatic N) is 3. The third-order valence-corrected chi connectivity index (χ3v) is 3.94. The lowest BCUT2D eigenvalue weighted by atomic mass is 10.2. The molecule has 0 radical (unpaired) electrons. The predicted molar refractivity (Wildman–Crippen MR) is 98.5 cm³/mol. The van der Waals surface area contributed by atoms with Gasteiger partial charge >= 0.3 is 0 Å². The molecule has 3 rings (SSSR count). The van der Waals surface area contributed by atoms with Crippen molar-refractivity contribution in [3.05, 3.63) is 83.7 Å². The minimum Gasteiger partial charge on any atom is -0.333 e. The van der Waals surface area contributed by atoms with E-state index in [9.17, 15) is 13.6 Å². The molecule has 138 valence electrons. The van der Waals surface area contributed by atoms with E-state index in [-0.39, 0.29) is 23.2 Å². The average molecular weight is 368 g/mol. The first-order valence-electron chi connectivity index (χ1n) is 8.45. The molecular formula is C20H18F2N4O. The highest BCUT2D eigenvalue weighted by Crippen LogP contribution is 2.18. The van der Waals surface area contributed by atoms with Crippen LogP contribution in [0.4, 0.5) is 20.4 Å². The zero-order valence-corrected chi connectivity index (χ0v) is 14.7. The van der Waals surface area contributed by atoms with Gasteiger partial charge in [0.15, 0.2) is 0 Å². The summed E-state index contributed by atoms with van der Waals surface area (Å²) in [6, 6.07) is 14.3. The summed E-state index contributed by atoms with van der Waals surface area (Å²) >= 11 is 0. The Balaban J connectivity index is 1.78. The number of hydrogen-bond donors (Lipinski definition) is 1. The summed E-state index contributed by atoms with van der Waals surface area (Å²) in [5.41, 5.74) is 1.22. The smallest absolute Gasteiger partial charge is 0.272 e. The zero-order valence-electron chi connectivity index (χ0n) is 14.7. The average Bonchev–Trinajstić information content (AvgIpc) is 2.69. The van der Waals surface area contributed by atoms with Gasteiger partial charge in [-0.05, 0) is 30.7 Å². The fourth-order valence-electron chi connectivity index (χ4n) is 2.54. The van der Waals surface area contributed by atoms with Crippen LogP contribution in [0.15, 0.2) is 60.8 Å². The van der Waals surface area contributed by atoms with E-state index in [1.165, 1.54) is 18.3 Å². The van der Waals surface area contributed by atoms with Crippen molar-refractivity contribution in [2.24, 2.45) is 0 Å². The summed E-state index contributed by atoms with van der Waals surface area (Å²) in [6.45, 7) is 2.84. The van der Waals surface area contributed by atoms with Crippen LogP contribution in [0.25, 0.3) is 0 Å². The van der Waals surface area contributed by atoms with E-state index in [1.807, 2.05) is 37.3 Å². The summed E-state index contributed by atoms with van der Waals surface area (Å²) < 4.78 is 26.8. The molecule has 7 heteroatoms. The zero-order chi connectivity index (χ0) is 19.2. The first kappa shape index (κ1) is 18.4. The quantitative estimate of drug-likeness (QED) is 0.710. The van der Waals surface area contributed by atoms with Gasteiger partial charge in [0.1, 0.15) is 17.3 Å². The van der Waals surface area contributed by atoms with Crippen molar-refractivity contribution in [3.8, 4) is 0 Å². The SMILES string of the molecule is CCN(Cc1ccccc1)C(=O)c1ccnc(Nc2ccc(F)cc2F)n1. The molecule has 1 heterocycles. The van der Waals surface area contributed by atoms with Gasteiger partial charge in [0.05, 0.1) is 5.69 Å². The van der Waals surface area contributed by atoms with Crippen molar-refractivity contribution in [2.75, 3.05) is 11.9 Å². The Morgan fingerprint density at radius 2 is 1.89 bits per heavy atom. The lowest BCUT2D eigenvalue weighted by molar-refractivity contribution is 0.0746. The molecule has 2 aromatic carbocycles. The summed E-state index contributed by atoms with van der Waals surface area (Å²) in [5, 5.41) is 2.67. The largest absolute Gasteiger partial charge is 0.333 e. The number of nitrogens with one attached hydrogen (secondary N) is 1. The van der Waals surface area contributed by atoms with Crippen molar-refractivity contribution in [3.63, 3.8) is 0 Å². The van der Waals surface area contributed by atoms with Crippen molar-refractivity contribution in [2.45, 2.75) is 13.5 Å². The standard InChI is InChI=1S/C20H18F2N4O/c1-2-26(13-14-6-4-3-5-7-14)19(27)18-10-11-23-20(25-18)24-17-9-8-15(21)12-16(17)22/h3-12H,2,13H2,1H3,(H,23,24,25). The molecule has 0 saturated carbocycles. The minimum absolute atomic E-state index is 0.0256. The fraction of sp³-hybridized carbons (Fsp3) is 0.150. The molecule has 0 spiro atoms. The summed E-state index contributed by atoms with van der Waals surface area (Å²) in [7, 11) is 0. The van der Waals surface area contributed by atoms with Crippen LogP contribution < -0.4 is 5.32 Å². The third-order valence-electron chi connectivity index (χ3n) is 3.94. The normalized spacial score (nSPS) is 10.5. The van der Waals surface area contributed by atoms with Gasteiger partial charge in [-0.1, -0.05) is 30.3 Å². The second kappa shape index (κ2) is 8.35. The van der Waals surface area contributed by atoms with Crippen LogP contribution >= 0.6 is 0 Å². The summed E-state index contributed by atoms with van der Waals surface area (Å²) in [5.74, 6) is -1.65. The highest BCUT2D eigenvalue weighted by atomic mass is 19.1. The van der Waals surface area contributed by atoms with Gasteiger partial charge in [0.2, 0.25) is 5.95 Å². The number of halogens is 2. The van der Waals surface area contributed by atoms with E-state index in [1.54, 1.807) is 4.90 Å². The van der Waals surface area contributed by atoms with Crippen LogP contribution in [-0.4, -0.2) is 27.3 Å². The molecule has 0 aliphatic rings. The molecule has 0 unspecified atom stereocenters. The van der Waals surface area contributed by atoms with Crippen LogP contribution in [0, 0.1) is 11.6 Å². The maximum Gasteiger partial charge on any atom is 0.272 e. The van der Waals surface area contributed by atoms with Gasteiger partial charge in [0.25, 0.3) is 5.91 Å². The molecule has 27 heavy (non-hydrogen) atoms. The van der Waals surface area contributed by atoms with Gasteiger partial charge in [0, 0.05) is 25.4 Å². The number of rotatable bonds is 6. The monoisotopic (exact) mass is 368 g/mol. The van der Waals surface area contributed by atoms with E-state index in [2.05, 4.69) is 15.3 Å². The molecule has 1 N–H and O–H groups in total. The second-order valence-corrected chi connectivity index (χ2v) is 5.82. The Hall–Kier alpha value is -3.35. The molecule has 3 aromatic rings.